The molecule has 13 heavy (non-hydrogen) atoms. The summed E-state index contributed by atoms with van der Waals surface area (Å²) < 4.78 is 19.6. The van der Waals surface area contributed by atoms with Crippen LogP contribution in [0.2, 0.25) is 0 Å². The molecule has 6 atom stereocenters. The molecule has 0 aromatic rings. The van der Waals surface area contributed by atoms with Crippen LogP contribution in [0, 0.1) is 0 Å². The molecule has 0 N–H and O–H groups in total. The molecule has 1 saturated carbocycles. The van der Waals surface area contributed by atoms with E-state index in [9.17, 15) is 0 Å². The molecule has 2 unspecified atom stereocenters. The van der Waals surface area contributed by atoms with E-state index in [4.69, 9.17) is 34.5 Å². The second-order valence-corrected chi connectivity index (χ2v) is 3.33. The van der Waals surface area contributed by atoms with Gasteiger partial charge in [0.05, 0.1) is 18.3 Å². The third-order valence-corrected chi connectivity index (χ3v) is 2.85. The Morgan fingerprint density at radius 2 is 1.62 bits per heavy atom. The molecule has 0 aromatic carbocycles. The predicted octanol–water partition coefficient (Wildman–Crippen LogP) is -0.322. The summed E-state index contributed by atoms with van der Waals surface area (Å²) >= 11 is 0. The molecule has 0 aromatic heterocycles. The van der Waals surface area contributed by atoms with Gasteiger partial charge in [-0.15, -0.1) is 0 Å². The maximum Gasteiger partial charge on any atom is 0.283 e. The highest BCUT2D eigenvalue weighted by molar-refractivity contribution is 7.10. The van der Waals surface area contributed by atoms with E-state index < -0.39 is 0 Å². The molecule has 1 fully saturated rings. The Hall–Kier alpha value is 0.830. The van der Waals surface area contributed by atoms with Crippen LogP contribution in [0.3, 0.4) is 0 Å². The average molecular weight is 218 g/mol. The quantitative estimate of drug-likeness (QED) is 0.478. The maximum atomic E-state index is 5.11. The van der Waals surface area contributed by atoms with Crippen LogP contribution in [-0.2, 0) is 18.4 Å². The topological polar surface area (TPSA) is 36.9 Å². The van der Waals surface area contributed by atoms with Crippen molar-refractivity contribution < 1.29 is 18.4 Å². The highest BCUT2D eigenvalue weighted by Crippen LogP contribution is 2.31. The van der Waals surface area contributed by atoms with Crippen molar-refractivity contribution in [1.82, 2.24) is 0 Å². The molecule has 4 radical (unpaired) electrons. The summed E-state index contributed by atoms with van der Waals surface area (Å²) in [5, 5.41) is 0. The van der Waals surface area contributed by atoms with Crippen LogP contribution in [0.25, 0.3) is 0 Å². The highest BCUT2D eigenvalue weighted by atomic mass is 31.0. The monoisotopic (exact) mass is 218 g/mol. The lowest BCUT2D eigenvalue weighted by atomic mass is 10.2. The zero-order valence-electron chi connectivity index (χ0n) is 6.96. The summed E-state index contributed by atoms with van der Waals surface area (Å²) in [6, 6.07) is 0. The zero-order valence-corrected chi connectivity index (χ0v) is 9.27. The Bertz CT molecular complexity index is 147. The molecule has 8 heteroatoms. The minimum absolute atomic E-state index is 0.186. The van der Waals surface area contributed by atoms with Crippen LogP contribution < -0.4 is 0 Å². The van der Waals surface area contributed by atoms with Crippen molar-refractivity contribution in [2.75, 3.05) is 0 Å². The molecule has 4 nitrogen and oxygen atoms in total. The Morgan fingerprint density at radius 1 is 0.923 bits per heavy atom. The van der Waals surface area contributed by atoms with Gasteiger partial charge in [0, 0.05) is 25.4 Å². The highest BCUT2D eigenvalue weighted by Gasteiger charge is 2.43. The first-order valence-electron chi connectivity index (χ1n) is 3.70. The normalized spacial score (nSPS) is 39.5. The Labute approximate surface area is 84.9 Å². The van der Waals surface area contributed by atoms with Crippen LogP contribution in [0.4, 0.5) is 0 Å². The molecule has 0 spiro atoms. The van der Waals surface area contributed by atoms with Gasteiger partial charge in [-0.1, -0.05) is 0 Å². The van der Waals surface area contributed by atoms with Gasteiger partial charge in [0.15, 0.2) is 0 Å². The van der Waals surface area contributed by atoms with Gasteiger partial charge < -0.3 is 18.4 Å². The molecule has 70 valence electrons. The largest absolute Gasteiger partial charge is 0.442 e. The first-order valence-corrected chi connectivity index (χ1v) is 4.64. The van der Waals surface area contributed by atoms with Crippen molar-refractivity contribution in [2.24, 2.45) is 0 Å². The molecule has 0 aliphatic heterocycles. The fraction of sp³-hybridized carbons (Fsp3) is 1.00. The molecular formula is C5H10B2O4P2. The van der Waals surface area contributed by atoms with Gasteiger partial charge >= 0.3 is 0 Å². The van der Waals surface area contributed by atoms with E-state index in [2.05, 4.69) is 18.9 Å². The second-order valence-electron chi connectivity index (χ2n) is 2.79. The summed E-state index contributed by atoms with van der Waals surface area (Å²) in [7, 11) is 14.5. The van der Waals surface area contributed by atoms with Crippen LogP contribution in [0.5, 0.6) is 0 Å². The lowest BCUT2D eigenvalue weighted by molar-refractivity contribution is 0.0155. The van der Waals surface area contributed by atoms with Crippen molar-refractivity contribution in [3.05, 3.63) is 0 Å². The number of hydrogen-bond acceptors (Lipinski definition) is 4. The molecule has 1 rings (SSSR count). The van der Waals surface area contributed by atoms with Gasteiger partial charge in [-0.2, -0.15) is 0 Å². The molecule has 1 aliphatic carbocycles. The van der Waals surface area contributed by atoms with Crippen LogP contribution in [0.15, 0.2) is 0 Å². The van der Waals surface area contributed by atoms with E-state index in [-0.39, 0.29) is 24.4 Å². The van der Waals surface area contributed by atoms with E-state index in [1.807, 2.05) is 0 Å². The summed E-state index contributed by atoms with van der Waals surface area (Å²) in [6.45, 7) is 0. The summed E-state index contributed by atoms with van der Waals surface area (Å²) in [5.74, 6) is 0. The summed E-state index contributed by atoms with van der Waals surface area (Å²) in [5.41, 5.74) is 0. The maximum absolute atomic E-state index is 5.11. The predicted molar refractivity (Wildman–Crippen MR) is 55.0 cm³/mol. The Kier molecular flexibility index (Phi) is 5.17. The van der Waals surface area contributed by atoms with E-state index in [1.165, 1.54) is 0 Å². The van der Waals surface area contributed by atoms with E-state index >= 15 is 0 Å². The third kappa shape index (κ3) is 2.44. The number of rotatable bonds is 4. The van der Waals surface area contributed by atoms with Gasteiger partial charge in [-0.25, -0.2) is 0 Å². The zero-order chi connectivity index (χ0) is 9.84. The third-order valence-electron chi connectivity index (χ3n) is 2.19. The lowest BCUT2D eigenvalue weighted by Crippen LogP contribution is -2.36. The molecule has 0 heterocycles. The standard InChI is InChI=1S/C5H10B2O4P2/c6-8-2-1-3(10-12)4(9-7)5(2)11-13/h2-5H,1,12-13H2/t2-,3+,4+,5-/m1/s1. The summed E-state index contributed by atoms with van der Waals surface area (Å²) in [6.07, 6.45) is -0.569. The number of hydrogen-bond donors (Lipinski definition) is 0. The molecular weight excluding hydrogens is 208 g/mol. The van der Waals surface area contributed by atoms with Crippen LogP contribution in [0.1, 0.15) is 6.42 Å². The smallest absolute Gasteiger partial charge is 0.283 e. The van der Waals surface area contributed by atoms with Crippen molar-refractivity contribution in [3.8, 4) is 0 Å². The van der Waals surface area contributed by atoms with Gasteiger partial charge in [-0.3, -0.25) is 0 Å². The van der Waals surface area contributed by atoms with Crippen molar-refractivity contribution >= 4 is 35.0 Å². The SMILES string of the molecule is [B]O[C@@H]1[C@H](OP)[C@H](O[B])C[C@@H]1OP. The van der Waals surface area contributed by atoms with Crippen LogP contribution >= 0.6 is 18.9 Å². The first-order chi connectivity index (χ1) is 6.28. The van der Waals surface area contributed by atoms with Crippen molar-refractivity contribution in [1.29, 1.82) is 0 Å². The Morgan fingerprint density at radius 3 is 2.00 bits per heavy atom. The minimum atomic E-state index is -0.372. The van der Waals surface area contributed by atoms with E-state index in [0.29, 0.717) is 6.42 Å². The van der Waals surface area contributed by atoms with E-state index in [0.717, 1.165) is 0 Å². The second kappa shape index (κ2) is 5.65. The van der Waals surface area contributed by atoms with Gasteiger partial charge in [0.2, 0.25) is 0 Å². The fourth-order valence-electron chi connectivity index (χ4n) is 1.52. The minimum Gasteiger partial charge on any atom is -0.442 e. The average Bonchev–Trinajstić information content (AvgIpc) is 2.54. The Balaban J connectivity index is 2.65. The molecule has 0 saturated heterocycles. The fourth-order valence-corrected chi connectivity index (χ4v) is 2.11. The van der Waals surface area contributed by atoms with Crippen molar-refractivity contribution in [3.63, 3.8) is 0 Å². The first kappa shape index (κ1) is 11.9. The van der Waals surface area contributed by atoms with Gasteiger partial charge in [-0.05, 0) is 0 Å². The van der Waals surface area contributed by atoms with Crippen LogP contribution in [-0.4, -0.2) is 40.5 Å². The van der Waals surface area contributed by atoms with Gasteiger partial charge in [0.25, 0.3) is 16.1 Å². The lowest BCUT2D eigenvalue weighted by Gasteiger charge is -2.23. The summed E-state index contributed by atoms with van der Waals surface area (Å²) in [4.78, 5) is 0. The van der Waals surface area contributed by atoms with Crippen molar-refractivity contribution in [2.45, 2.75) is 30.8 Å². The molecule has 0 bridgehead atoms. The molecule has 0 amide bonds. The molecule has 1 aliphatic rings. The van der Waals surface area contributed by atoms with Gasteiger partial charge in [0.1, 0.15) is 6.10 Å². The van der Waals surface area contributed by atoms with E-state index in [1.54, 1.807) is 0 Å².